The molecule has 2 amide bonds. The van der Waals surface area contributed by atoms with Gasteiger partial charge in [-0.25, -0.2) is 17.9 Å². The van der Waals surface area contributed by atoms with Gasteiger partial charge in [0.1, 0.15) is 0 Å². The van der Waals surface area contributed by atoms with Crippen LogP contribution in [0.25, 0.3) is 0 Å². The number of hydrogen-bond acceptors (Lipinski definition) is 4. The van der Waals surface area contributed by atoms with E-state index in [0.29, 0.717) is 19.0 Å². The first-order valence-corrected chi connectivity index (χ1v) is 9.84. The van der Waals surface area contributed by atoms with Crippen LogP contribution < -0.4 is 10.0 Å². The molecular formula is C17H30N4O3S. The molecule has 0 heterocycles. The fraction of sp³-hybridized carbons (Fsp3) is 0.588. The Hall–Kier alpha value is -1.64. The second-order valence-corrected chi connectivity index (χ2v) is 8.54. The van der Waals surface area contributed by atoms with Crippen molar-refractivity contribution in [2.75, 3.05) is 40.8 Å². The lowest BCUT2D eigenvalue weighted by Gasteiger charge is -2.26. The Morgan fingerprint density at radius 2 is 1.88 bits per heavy atom. The molecular weight excluding hydrogens is 340 g/mol. The van der Waals surface area contributed by atoms with Gasteiger partial charge in [0.2, 0.25) is 10.0 Å². The molecule has 0 spiro atoms. The summed E-state index contributed by atoms with van der Waals surface area (Å²) in [6.45, 7) is 6.53. The van der Waals surface area contributed by atoms with E-state index in [2.05, 4.69) is 23.9 Å². The number of hydrogen-bond donors (Lipinski definition) is 2. The van der Waals surface area contributed by atoms with Gasteiger partial charge < -0.3 is 15.1 Å². The van der Waals surface area contributed by atoms with Crippen LogP contribution in [0.5, 0.6) is 0 Å². The summed E-state index contributed by atoms with van der Waals surface area (Å²) in [6.07, 6.45) is 0. The van der Waals surface area contributed by atoms with Crippen LogP contribution in [0.1, 0.15) is 19.4 Å². The lowest BCUT2D eigenvalue weighted by Crippen LogP contribution is -2.44. The molecule has 8 heteroatoms. The molecule has 0 bridgehead atoms. The van der Waals surface area contributed by atoms with Gasteiger partial charge in [-0.2, -0.15) is 0 Å². The zero-order valence-electron chi connectivity index (χ0n) is 15.7. The third-order valence-corrected chi connectivity index (χ3v) is 5.02. The zero-order valence-corrected chi connectivity index (χ0v) is 16.6. The van der Waals surface area contributed by atoms with Crippen molar-refractivity contribution < 1.29 is 13.2 Å². The molecule has 2 N–H and O–H groups in total. The van der Waals surface area contributed by atoms with Crippen molar-refractivity contribution in [2.45, 2.75) is 25.3 Å². The fourth-order valence-corrected chi connectivity index (χ4v) is 3.07. The monoisotopic (exact) mass is 370 g/mol. The Morgan fingerprint density at radius 1 is 1.20 bits per heavy atom. The SMILES string of the molecule is CNS(=O)(=O)c1cccc(CNC(=O)N(CCN(C)C)CC(C)C)c1. The number of likely N-dealkylation sites (N-methyl/N-ethyl adjacent to an activating group) is 1. The standard InChI is InChI=1S/C17H30N4O3S/c1-14(2)13-21(10-9-20(4)5)17(22)19-12-15-7-6-8-16(11-15)25(23,24)18-3/h6-8,11,14,18H,9-10,12-13H2,1-5H3,(H,19,22). The van der Waals surface area contributed by atoms with Gasteiger partial charge in [0.15, 0.2) is 0 Å². The Labute approximate surface area is 151 Å². The molecule has 1 aromatic carbocycles. The Bertz CT molecular complexity index is 660. The van der Waals surface area contributed by atoms with Gasteiger partial charge >= 0.3 is 6.03 Å². The molecule has 0 aliphatic rings. The van der Waals surface area contributed by atoms with Crippen LogP contribution >= 0.6 is 0 Å². The van der Waals surface area contributed by atoms with Crippen molar-refractivity contribution in [3.8, 4) is 0 Å². The molecule has 0 atom stereocenters. The maximum Gasteiger partial charge on any atom is 0.317 e. The number of urea groups is 1. The minimum Gasteiger partial charge on any atom is -0.334 e. The number of nitrogens with one attached hydrogen (secondary N) is 2. The van der Waals surface area contributed by atoms with E-state index in [1.54, 1.807) is 23.1 Å². The van der Waals surface area contributed by atoms with E-state index in [-0.39, 0.29) is 17.5 Å². The molecule has 142 valence electrons. The molecule has 1 aromatic rings. The number of carbonyl (C=O) groups excluding carboxylic acids is 1. The highest BCUT2D eigenvalue weighted by Crippen LogP contribution is 2.11. The number of carbonyl (C=O) groups is 1. The van der Waals surface area contributed by atoms with E-state index in [9.17, 15) is 13.2 Å². The van der Waals surface area contributed by atoms with Crippen LogP contribution in [0.3, 0.4) is 0 Å². The summed E-state index contributed by atoms with van der Waals surface area (Å²) in [6, 6.07) is 6.42. The topological polar surface area (TPSA) is 81.8 Å². The second-order valence-electron chi connectivity index (χ2n) is 6.66. The summed E-state index contributed by atoms with van der Waals surface area (Å²) >= 11 is 0. The zero-order chi connectivity index (χ0) is 19.0. The molecule has 0 saturated heterocycles. The van der Waals surface area contributed by atoms with Gasteiger partial charge in [0, 0.05) is 26.2 Å². The number of rotatable bonds is 9. The Kier molecular flexibility index (Phi) is 8.34. The molecule has 1 rings (SSSR count). The summed E-state index contributed by atoms with van der Waals surface area (Å²) in [5.74, 6) is 0.372. The number of amides is 2. The molecule has 25 heavy (non-hydrogen) atoms. The smallest absolute Gasteiger partial charge is 0.317 e. The molecule has 0 fully saturated rings. The lowest BCUT2D eigenvalue weighted by molar-refractivity contribution is 0.184. The van der Waals surface area contributed by atoms with Crippen molar-refractivity contribution in [3.63, 3.8) is 0 Å². The fourth-order valence-electron chi connectivity index (χ4n) is 2.27. The van der Waals surface area contributed by atoms with Crippen LogP contribution in [-0.2, 0) is 16.6 Å². The Balaban J connectivity index is 2.74. The highest BCUT2D eigenvalue weighted by Gasteiger charge is 2.16. The van der Waals surface area contributed by atoms with Gasteiger partial charge in [0.05, 0.1) is 4.90 Å². The highest BCUT2D eigenvalue weighted by molar-refractivity contribution is 7.89. The summed E-state index contributed by atoms with van der Waals surface area (Å²) in [5.41, 5.74) is 0.738. The van der Waals surface area contributed by atoms with Crippen LogP contribution in [0, 0.1) is 5.92 Å². The van der Waals surface area contributed by atoms with Gasteiger partial charge in [0.25, 0.3) is 0 Å². The van der Waals surface area contributed by atoms with Crippen LogP contribution in [0.2, 0.25) is 0 Å². The Morgan fingerprint density at radius 3 is 2.44 bits per heavy atom. The first kappa shape index (κ1) is 21.4. The van der Waals surface area contributed by atoms with E-state index in [1.165, 1.54) is 13.1 Å². The first-order valence-electron chi connectivity index (χ1n) is 8.35. The van der Waals surface area contributed by atoms with Crippen molar-refractivity contribution in [2.24, 2.45) is 5.92 Å². The van der Waals surface area contributed by atoms with Crippen LogP contribution in [0.15, 0.2) is 29.2 Å². The van der Waals surface area contributed by atoms with Gasteiger partial charge in [-0.05, 0) is 44.8 Å². The van der Waals surface area contributed by atoms with Crippen molar-refractivity contribution in [1.82, 2.24) is 19.8 Å². The minimum atomic E-state index is -3.49. The average Bonchev–Trinajstić information content (AvgIpc) is 2.56. The molecule has 0 radical (unpaired) electrons. The second kappa shape index (κ2) is 9.74. The third kappa shape index (κ3) is 7.41. The summed E-state index contributed by atoms with van der Waals surface area (Å²) in [4.78, 5) is 16.5. The average molecular weight is 371 g/mol. The molecule has 0 aliphatic carbocycles. The van der Waals surface area contributed by atoms with E-state index in [4.69, 9.17) is 0 Å². The van der Waals surface area contributed by atoms with E-state index in [0.717, 1.165) is 12.1 Å². The minimum absolute atomic E-state index is 0.141. The van der Waals surface area contributed by atoms with Crippen LogP contribution in [0.4, 0.5) is 4.79 Å². The molecule has 0 saturated carbocycles. The van der Waals surface area contributed by atoms with E-state index in [1.807, 2.05) is 19.0 Å². The van der Waals surface area contributed by atoms with Crippen LogP contribution in [-0.4, -0.2) is 65.0 Å². The number of nitrogens with zero attached hydrogens (tertiary/aromatic N) is 2. The summed E-state index contributed by atoms with van der Waals surface area (Å²) in [7, 11) is 1.83. The molecule has 7 nitrogen and oxygen atoms in total. The molecule has 0 unspecified atom stereocenters. The third-order valence-electron chi connectivity index (χ3n) is 3.61. The quantitative estimate of drug-likeness (QED) is 0.687. The summed E-state index contributed by atoms with van der Waals surface area (Å²) in [5, 5.41) is 2.88. The maximum absolute atomic E-state index is 12.5. The molecule has 0 aromatic heterocycles. The van der Waals surface area contributed by atoms with Crippen molar-refractivity contribution in [1.29, 1.82) is 0 Å². The van der Waals surface area contributed by atoms with E-state index >= 15 is 0 Å². The number of benzene rings is 1. The normalized spacial score (nSPS) is 11.8. The van der Waals surface area contributed by atoms with E-state index < -0.39 is 10.0 Å². The lowest BCUT2D eigenvalue weighted by atomic mass is 10.2. The van der Waals surface area contributed by atoms with Gasteiger partial charge in [-0.1, -0.05) is 26.0 Å². The highest BCUT2D eigenvalue weighted by atomic mass is 32.2. The number of sulfonamides is 1. The predicted octanol–water partition coefficient (Wildman–Crippen LogP) is 1.32. The van der Waals surface area contributed by atoms with Gasteiger partial charge in [-0.3, -0.25) is 0 Å². The maximum atomic E-state index is 12.5. The van der Waals surface area contributed by atoms with Crippen molar-refractivity contribution >= 4 is 16.1 Å². The predicted molar refractivity (Wildman–Crippen MR) is 99.9 cm³/mol. The van der Waals surface area contributed by atoms with Gasteiger partial charge in [-0.15, -0.1) is 0 Å². The largest absolute Gasteiger partial charge is 0.334 e. The summed E-state index contributed by atoms with van der Waals surface area (Å²) < 4.78 is 26.0. The molecule has 0 aliphatic heterocycles. The first-order chi connectivity index (χ1) is 11.7. The van der Waals surface area contributed by atoms with Crippen molar-refractivity contribution in [3.05, 3.63) is 29.8 Å².